The number of aromatic carboxylic acids is 1. The first kappa shape index (κ1) is 13.3. The van der Waals surface area contributed by atoms with Crippen LogP contribution in [0.5, 0.6) is 0 Å². The van der Waals surface area contributed by atoms with Crippen molar-refractivity contribution in [1.82, 2.24) is 0 Å². The highest BCUT2D eigenvalue weighted by atomic mass is 32.2. The number of hydrogen-bond acceptors (Lipinski definition) is 3. The van der Waals surface area contributed by atoms with Crippen LogP contribution < -0.4 is 5.32 Å². The lowest BCUT2D eigenvalue weighted by Gasteiger charge is -2.12. The Kier molecular flexibility index (Phi) is 4.17. The zero-order valence-corrected chi connectivity index (χ0v) is 11.6. The second-order valence-corrected chi connectivity index (χ2v) is 5.57. The lowest BCUT2D eigenvalue weighted by atomic mass is 10.1. The molecule has 98 valence electrons. The van der Waals surface area contributed by atoms with E-state index in [1.165, 1.54) is 24.6 Å². The molecule has 3 nitrogen and oxygen atoms in total. The predicted molar refractivity (Wildman–Crippen MR) is 75.6 cm³/mol. The Morgan fingerprint density at radius 3 is 2.94 bits per heavy atom. The van der Waals surface area contributed by atoms with E-state index >= 15 is 0 Å². The van der Waals surface area contributed by atoms with Gasteiger partial charge in [0.2, 0.25) is 0 Å². The van der Waals surface area contributed by atoms with Gasteiger partial charge in [0.1, 0.15) is 0 Å². The number of carbonyl (C=O) groups is 1. The van der Waals surface area contributed by atoms with Gasteiger partial charge < -0.3 is 10.4 Å². The first-order valence-corrected chi connectivity index (χ1v) is 7.56. The molecular formula is C14H19NO2S. The Morgan fingerprint density at radius 1 is 1.56 bits per heavy atom. The Morgan fingerprint density at radius 2 is 2.33 bits per heavy atom. The van der Waals surface area contributed by atoms with Crippen LogP contribution in [0.15, 0.2) is 23.1 Å². The van der Waals surface area contributed by atoms with Gasteiger partial charge in [-0.05, 0) is 37.1 Å². The average molecular weight is 265 g/mol. The number of nitrogens with one attached hydrogen (secondary N) is 1. The fraction of sp³-hybridized carbons (Fsp3) is 0.500. The summed E-state index contributed by atoms with van der Waals surface area (Å²) < 4.78 is 0. The molecule has 0 spiro atoms. The summed E-state index contributed by atoms with van der Waals surface area (Å²) in [5, 5.41) is 12.7. The molecule has 0 amide bonds. The van der Waals surface area contributed by atoms with Gasteiger partial charge in [0, 0.05) is 10.9 Å². The van der Waals surface area contributed by atoms with E-state index in [4.69, 9.17) is 0 Å². The Bertz CT molecular complexity index is 447. The standard InChI is InChI=1S/C14H19NO2S/c1-3-5-9-8-11(9)15-10-6-4-7-12(18-2)13(10)14(16)17/h4,6-7,9,11,15H,3,5,8H2,1-2H3,(H,16,17). The van der Waals surface area contributed by atoms with E-state index in [-0.39, 0.29) is 0 Å². The molecule has 0 aliphatic heterocycles. The molecule has 0 heterocycles. The highest BCUT2D eigenvalue weighted by Gasteiger charge is 2.36. The van der Waals surface area contributed by atoms with Crippen LogP contribution in [0.3, 0.4) is 0 Å². The number of rotatable bonds is 6. The topological polar surface area (TPSA) is 49.3 Å². The third-order valence-corrected chi connectivity index (χ3v) is 4.16. The number of carboxylic acid groups (broad SMARTS) is 1. The number of thioether (sulfide) groups is 1. The zero-order chi connectivity index (χ0) is 13.1. The number of hydrogen-bond donors (Lipinski definition) is 2. The molecular weight excluding hydrogens is 246 g/mol. The molecule has 1 aromatic rings. The van der Waals surface area contributed by atoms with Crippen molar-refractivity contribution in [2.75, 3.05) is 11.6 Å². The minimum Gasteiger partial charge on any atom is -0.478 e. The number of benzene rings is 1. The molecule has 1 fully saturated rings. The van der Waals surface area contributed by atoms with Gasteiger partial charge in [0.05, 0.1) is 11.3 Å². The summed E-state index contributed by atoms with van der Waals surface area (Å²) in [6.45, 7) is 2.19. The van der Waals surface area contributed by atoms with E-state index < -0.39 is 5.97 Å². The van der Waals surface area contributed by atoms with Crippen LogP contribution in [0.4, 0.5) is 5.69 Å². The van der Waals surface area contributed by atoms with Crippen molar-refractivity contribution in [3.63, 3.8) is 0 Å². The lowest BCUT2D eigenvalue weighted by Crippen LogP contribution is -2.10. The fourth-order valence-corrected chi connectivity index (χ4v) is 2.97. The highest BCUT2D eigenvalue weighted by Crippen LogP contribution is 2.38. The smallest absolute Gasteiger partial charge is 0.338 e. The first-order valence-electron chi connectivity index (χ1n) is 6.34. The van der Waals surface area contributed by atoms with E-state index in [9.17, 15) is 9.90 Å². The summed E-state index contributed by atoms with van der Waals surface area (Å²) in [7, 11) is 0. The lowest BCUT2D eigenvalue weighted by molar-refractivity contribution is 0.0694. The van der Waals surface area contributed by atoms with Crippen molar-refractivity contribution in [2.24, 2.45) is 5.92 Å². The van der Waals surface area contributed by atoms with Gasteiger partial charge in [-0.15, -0.1) is 11.8 Å². The monoisotopic (exact) mass is 265 g/mol. The van der Waals surface area contributed by atoms with Crippen molar-refractivity contribution < 1.29 is 9.90 Å². The van der Waals surface area contributed by atoms with Crippen molar-refractivity contribution >= 4 is 23.4 Å². The molecule has 0 saturated heterocycles. The molecule has 2 unspecified atom stereocenters. The van der Waals surface area contributed by atoms with Gasteiger partial charge >= 0.3 is 5.97 Å². The number of anilines is 1. The van der Waals surface area contributed by atoms with Crippen molar-refractivity contribution in [3.05, 3.63) is 23.8 Å². The summed E-state index contributed by atoms with van der Waals surface area (Å²) in [4.78, 5) is 12.2. The van der Waals surface area contributed by atoms with E-state index in [1.54, 1.807) is 0 Å². The fourth-order valence-electron chi connectivity index (χ4n) is 2.36. The van der Waals surface area contributed by atoms with Crippen molar-refractivity contribution in [1.29, 1.82) is 0 Å². The normalized spacial score (nSPS) is 21.7. The molecule has 4 heteroatoms. The second kappa shape index (κ2) is 5.65. The highest BCUT2D eigenvalue weighted by molar-refractivity contribution is 7.98. The molecule has 1 aliphatic carbocycles. The summed E-state index contributed by atoms with van der Waals surface area (Å²) in [6, 6.07) is 6.10. The average Bonchev–Trinajstić information content (AvgIpc) is 3.07. The number of carboxylic acids is 1. The van der Waals surface area contributed by atoms with Crippen LogP contribution in [0.1, 0.15) is 36.5 Å². The van der Waals surface area contributed by atoms with Crippen molar-refractivity contribution in [3.8, 4) is 0 Å². The summed E-state index contributed by atoms with van der Waals surface area (Å²) >= 11 is 1.48. The van der Waals surface area contributed by atoms with Gasteiger partial charge in [-0.1, -0.05) is 19.4 Å². The zero-order valence-electron chi connectivity index (χ0n) is 10.8. The van der Waals surface area contributed by atoms with Crippen LogP contribution in [-0.2, 0) is 0 Å². The quantitative estimate of drug-likeness (QED) is 0.770. The van der Waals surface area contributed by atoms with Gasteiger partial charge in [-0.2, -0.15) is 0 Å². The van der Waals surface area contributed by atoms with Gasteiger partial charge in [-0.3, -0.25) is 0 Å². The van der Waals surface area contributed by atoms with Crippen LogP contribution in [0.25, 0.3) is 0 Å². The van der Waals surface area contributed by atoms with E-state index in [1.807, 2.05) is 24.5 Å². The molecule has 2 atom stereocenters. The summed E-state index contributed by atoms with van der Waals surface area (Å²) in [5.41, 5.74) is 1.17. The third-order valence-electron chi connectivity index (χ3n) is 3.38. The SMILES string of the molecule is CCCC1CC1Nc1cccc(SC)c1C(=O)O. The van der Waals surface area contributed by atoms with Crippen molar-refractivity contribution in [2.45, 2.75) is 37.1 Å². The van der Waals surface area contributed by atoms with Gasteiger partial charge in [0.25, 0.3) is 0 Å². The maximum absolute atomic E-state index is 11.4. The molecule has 2 rings (SSSR count). The minimum atomic E-state index is -0.852. The predicted octanol–water partition coefficient (Wildman–Crippen LogP) is 3.71. The van der Waals surface area contributed by atoms with Gasteiger partial charge in [-0.25, -0.2) is 4.79 Å². The van der Waals surface area contributed by atoms with Crippen LogP contribution in [0, 0.1) is 5.92 Å². The Balaban J connectivity index is 2.15. The second-order valence-electron chi connectivity index (χ2n) is 4.72. The minimum absolute atomic E-state index is 0.409. The van der Waals surface area contributed by atoms with Crippen LogP contribution >= 0.6 is 11.8 Å². The molecule has 0 radical (unpaired) electrons. The Hall–Kier alpha value is -1.16. The maximum atomic E-state index is 11.4. The van der Waals surface area contributed by atoms with Crippen LogP contribution in [0.2, 0.25) is 0 Å². The molecule has 0 bridgehead atoms. The van der Waals surface area contributed by atoms with E-state index in [0.717, 1.165) is 22.9 Å². The molecule has 1 aromatic carbocycles. The summed E-state index contributed by atoms with van der Waals surface area (Å²) in [6.07, 6.45) is 5.49. The van der Waals surface area contributed by atoms with Gasteiger partial charge in [0.15, 0.2) is 0 Å². The molecule has 2 N–H and O–H groups in total. The summed E-state index contributed by atoms with van der Waals surface area (Å²) in [5.74, 6) is -0.135. The largest absolute Gasteiger partial charge is 0.478 e. The molecule has 0 aromatic heterocycles. The first-order chi connectivity index (χ1) is 8.67. The van der Waals surface area contributed by atoms with E-state index in [2.05, 4.69) is 12.2 Å². The maximum Gasteiger partial charge on any atom is 0.338 e. The Labute approximate surface area is 112 Å². The van der Waals surface area contributed by atoms with Crippen LogP contribution in [-0.4, -0.2) is 23.4 Å². The van der Waals surface area contributed by atoms with E-state index in [0.29, 0.717) is 11.6 Å². The molecule has 1 aliphatic rings. The molecule has 1 saturated carbocycles. The third kappa shape index (κ3) is 2.80. The molecule has 18 heavy (non-hydrogen) atoms.